The van der Waals surface area contributed by atoms with Crippen molar-refractivity contribution < 1.29 is 8.42 Å². The van der Waals surface area contributed by atoms with Crippen LogP contribution in [0.15, 0.2) is 75.9 Å². The summed E-state index contributed by atoms with van der Waals surface area (Å²) in [6.45, 7) is 2.03. The first-order valence-electron chi connectivity index (χ1n) is 7.85. The van der Waals surface area contributed by atoms with Crippen LogP contribution in [0.25, 0.3) is 0 Å². The van der Waals surface area contributed by atoms with Crippen molar-refractivity contribution >= 4 is 27.5 Å². The van der Waals surface area contributed by atoms with Crippen molar-refractivity contribution in [3.8, 4) is 0 Å². The van der Waals surface area contributed by atoms with E-state index >= 15 is 0 Å². The second-order valence-electron chi connectivity index (χ2n) is 5.52. The first kappa shape index (κ1) is 17.6. The molecule has 0 fully saturated rings. The number of rotatable bonds is 6. The lowest BCUT2D eigenvalue weighted by atomic mass is 10.2. The summed E-state index contributed by atoms with van der Waals surface area (Å²) in [6.07, 6.45) is 4.44. The predicted octanol–water partition coefficient (Wildman–Crippen LogP) is 3.93. The summed E-state index contributed by atoms with van der Waals surface area (Å²) >= 11 is 1.41. The van der Waals surface area contributed by atoms with Gasteiger partial charge in [-0.2, -0.15) is 0 Å². The molecule has 2 aromatic carbocycles. The normalized spacial score (nSPS) is 11.4. The van der Waals surface area contributed by atoms with E-state index in [-0.39, 0.29) is 4.90 Å². The molecule has 0 aliphatic rings. The minimum Gasteiger partial charge on any atom is -0.329 e. The van der Waals surface area contributed by atoms with Gasteiger partial charge in [0.2, 0.25) is 0 Å². The second kappa shape index (κ2) is 7.33. The van der Waals surface area contributed by atoms with Crippen molar-refractivity contribution in [1.82, 2.24) is 9.55 Å². The second-order valence-corrected chi connectivity index (χ2v) is 8.21. The molecule has 25 heavy (non-hydrogen) atoms. The summed E-state index contributed by atoms with van der Waals surface area (Å²) in [5.74, 6) is 0. The summed E-state index contributed by atoms with van der Waals surface area (Å²) in [5.41, 5.74) is 1.64. The van der Waals surface area contributed by atoms with Gasteiger partial charge < -0.3 is 4.57 Å². The minimum absolute atomic E-state index is 0.251. The Morgan fingerprint density at radius 3 is 2.48 bits per heavy atom. The van der Waals surface area contributed by atoms with Gasteiger partial charge in [-0.25, -0.2) is 13.4 Å². The molecule has 0 radical (unpaired) electrons. The number of para-hydroxylation sites is 1. The highest BCUT2D eigenvalue weighted by Gasteiger charge is 2.17. The van der Waals surface area contributed by atoms with Gasteiger partial charge in [0.25, 0.3) is 10.0 Å². The van der Waals surface area contributed by atoms with Crippen LogP contribution in [-0.2, 0) is 23.5 Å². The Morgan fingerprint density at radius 1 is 1.12 bits per heavy atom. The summed E-state index contributed by atoms with van der Waals surface area (Å²) in [5, 5.41) is 0.791. The third-order valence-electron chi connectivity index (χ3n) is 3.75. The summed E-state index contributed by atoms with van der Waals surface area (Å²) in [6, 6.07) is 14.2. The molecule has 1 N–H and O–H groups in total. The number of sulfonamides is 1. The van der Waals surface area contributed by atoms with E-state index in [0.717, 1.165) is 22.0 Å². The summed E-state index contributed by atoms with van der Waals surface area (Å²) < 4.78 is 29.9. The van der Waals surface area contributed by atoms with E-state index < -0.39 is 10.0 Å². The molecule has 0 unspecified atom stereocenters. The van der Waals surface area contributed by atoms with Gasteiger partial charge in [0.1, 0.15) is 0 Å². The summed E-state index contributed by atoms with van der Waals surface area (Å²) in [7, 11) is -1.74. The molecule has 0 aliphatic carbocycles. The number of hydrogen-bond donors (Lipinski definition) is 1. The lowest BCUT2D eigenvalue weighted by molar-refractivity contribution is 0.601. The molecule has 7 heteroatoms. The first-order valence-corrected chi connectivity index (χ1v) is 10.2. The molecule has 0 amide bonds. The van der Waals surface area contributed by atoms with Crippen LogP contribution >= 0.6 is 11.8 Å². The smallest absolute Gasteiger partial charge is 0.261 e. The van der Waals surface area contributed by atoms with Gasteiger partial charge in [-0.05, 0) is 48.0 Å². The molecule has 130 valence electrons. The van der Waals surface area contributed by atoms with Gasteiger partial charge in [-0.15, -0.1) is 0 Å². The number of hydrogen-bond acceptors (Lipinski definition) is 4. The molecule has 1 heterocycles. The maximum atomic E-state index is 12.7. The number of anilines is 1. The lowest BCUT2D eigenvalue weighted by Gasteiger charge is -2.12. The van der Waals surface area contributed by atoms with E-state index in [9.17, 15) is 8.42 Å². The Labute approximate surface area is 152 Å². The van der Waals surface area contributed by atoms with Crippen LogP contribution in [-0.4, -0.2) is 18.0 Å². The fourth-order valence-corrected chi connectivity index (χ4v) is 4.33. The number of aryl methyl sites for hydroxylation is 2. The van der Waals surface area contributed by atoms with Gasteiger partial charge >= 0.3 is 0 Å². The van der Waals surface area contributed by atoms with Crippen molar-refractivity contribution in [2.75, 3.05) is 4.72 Å². The van der Waals surface area contributed by atoms with Gasteiger partial charge in [0.15, 0.2) is 5.16 Å². The van der Waals surface area contributed by atoms with Crippen molar-refractivity contribution in [1.29, 1.82) is 0 Å². The Morgan fingerprint density at radius 2 is 1.84 bits per heavy atom. The first-order chi connectivity index (χ1) is 12.0. The monoisotopic (exact) mass is 373 g/mol. The fourth-order valence-electron chi connectivity index (χ4n) is 2.30. The SMILES string of the molecule is CCc1ccc(S(=O)(=O)Nc2ccccc2Sc2nccn2C)cc1. The molecule has 3 rings (SSSR count). The molecular weight excluding hydrogens is 354 g/mol. The zero-order valence-corrected chi connectivity index (χ0v) is 15.6. The van der Waals surface area contributed by atoms with Crippen molar-refractivity contribution in [2.45, 2.75) is 28.3 Å². The maximum Gasteiger partial charge on any atom is 0.261 e. The molecule has 0 saturated carbocycles. The highest BCUT2D eigenvalue weighted by atomic mass is 32.2. The molecule has 0 saturated heterocycles. The lowest BCUT2D eigenvalue weighted by Crippen LogP contribution is -2.13. The number of imidazole rings is 1. The van der Waals surface area contributed by atoms with E-state index in [2.05, 4.69) is 9.71 Å². The quantitative estimate of drug-likeness (QED) is 0.711. The van der Waals surface area contributed by atoms with Gasteiger partial charge in [0, 0.05) is 24.3 Å². The van der Waals surface area contributed by atoms with Crippen LogP contribution in [0.2, 0.25) is 0 Å². The van der Waals surface area contributed by atoms with Gasteiger partial charge in [-0.3, -0.25) is 4.72 Å². The van der Waals surface area contributed by atoms with Crippen LogP contribution in [0.5, 0.6) is 0 Å². The van der Waals surface area contributed by atoms with Crippen LogP contribution in [0.4, 0.5) is 5.69 Å². The molecule has 0 atom stereocenters. The van der Waals surface area contributed by atoms with Crippen LogP contribution < -0.4 is 4.72 Å². The number of aromatic nitrogens is 2. The Hall–Kier alpha value is -2.25. The Bertz CT molecular complexity index is 964. The summed E-state index contributed by atoms with van der Waals surface area (Å²) in [4.78, 5) is 5.32. The largest absolute Gasteiger partial charge is 0.329 e. The van der Waals surface area contributed by atoms with Crippen molar-refractivity contribution in [3.05, 3.63) is 66.5 Å². The Balaban J connectivity index is 1.88. The topological polar surface area (TPSA) is 64.0 Å². The zero-order valence-electron chi connectivity index (χ0n) is 14.0. The van der Waals surface area contributed by atoms with Crippen molar-refractivity contribution in [3.63, 3.8) is 0 Å². The number of nitrogens with one attached hydrogen (secondary N) is 1. The highest BCUT2D eigenvalue weighted by Crippen LogP contribution is 2.33. The maximum absolute atomic E-state index is 12.7. The molecule has 0 spiro atoms. The molecule has 0 bridgehead atoms. The third kappa shape index (κ3) is 4.05. The van der Waals surface area contributed by atoms with Crippen LogP contribution in [0.1, 0.15) is 12.5 Å². The van der Waals surface area contributed by atoms with Gasteiger partial charge in [-0.1, -0.05) is 31.2 Å². The average molecular weight is 374 g/mol. The number of nitrogens with zero attached hydrogens (tertiary/aromatic N) is 2. The van der Waals surface area contributed by atoms with E-state index in [4.69, 9.17) is 0 Å². The van der Waals surface area contributed by atoms with Gasteiger partial charge in [0.05, 0.1) is 10.6 Å². The fraction of sp³-hybridized carbons (Fsp3) is 0.167. The molecule has 0 aliphatic heterocycles. The molecule has 5 nitrogen and oxygen atoms in total. The van der Waals surface area contributed by atoms with E-state index in [1.54, 1.807) is 30.5 Å². The zero-order chi connectivity index (χ0) is 17.9. The number of benzene rings is 2. The highest BCUT2D eigenvalue weighted by molar-refractivity contribution is 7.99. The van der Waals surface area contributed by atoms with Crippen molar-refractivity contribution in [2.24, 2.45) is 7.05 Å². The molecular formula is C18H19N3O2S2. The predicted molar refractivity (Wildman–Crippen MR) is 100 cm³/mol. The molecule has 1 aromatic heterocycles. The third-order valence-corrected chi connectivity index (χ3v) is 6.28. The van der Waals surface area contributed by atoms with Crippen LogP contribution in [0, 0.1) is 0 Å². The Kier molecular flexibility index (Phi) is 5.15. The minimum atomic E-state index is -3.64. The molecule has 3 aromatic rings. The van der Waals surface area contributed by atoms with E-state index in [0.29, 0.717) is 5.69 Å². The average Bonchev–Trinajstić information content (AvgIpc) is 3.01. The van der Waals surface area contributed by atoms with E-state index in [1.165, 1.54) is 11.8 Å². The van der Waals surface area contributed by atoms with E-state index in [1.807, 2.05) is 49.0 Å². The van der Waals surface area contributed by atoms with Crippen LogP contribution in [0.3, 0.4) is 0 Å². The standard InChI is InChI=1S/C18H19N3O2S2/c1-3-14-8-10-15(11-9-14)25(22,23)20-16-6-4-5-7-17(16)24-18-19-12-13-21(18)2/h4-13,20H,3H2,1-2H3.